The summed E-state index contributed by atoms with van der Waals surface area (Å²) < 4.78 is 0.962. The number of aromatic nitrogens is 2. The molecule has 0 saturated heterocycles. The molecule has 1 aromatic carbocycles. The second-order valence-electron chi connectivity index (χ2n) is 4.14. The smallest absolute Gasteiger partial charge is 0.354 e. The lowest BCUT2D eigenvalue weighted by molar-refractivity contribution is 0.0690. The number of pyridine rings is 1. The van der Waals surface area contributed by atoms with Crippen LogP contribution in [-0.2, 0) is 0 Å². The number of aryl methyl sites for hydroxylation is 1. The summed E-state index contributed by atoms with van der Waals surface area (Å²) in [6.45, 7) is 1.78. The first kappa shape index (κ1) is 11.2. The van der Waals surface area contributed by atoms with Gasteiger partial charge in [-0.15, -0.1) is 0 Å². The molecule has 0 radical (unpaired) electrons. The quantitative estimate of drug-likeness (QED) is 0.723. The number of H-pyrrole nitrogens is 1. The Morgan fingerprint density at radius 1 is 1.39 bits per heavy atom. The van der Waals surface area contributed by atoms with Gasteiger partial charge in [0.15, 0.2) is 5.69 Å². The molecule has 5 heteroatoms. The summed E-state index contributed by atoms with van der Waals surface area (Å²) >= 11 is 3.43. The highest BCUT2D eigenvalue weighted by Crippen LogP contribution is 2.30. The number of nitrogens with zero attached hydrogens (tertiary/aromatic N) is 1. The monoisotopic (exact) mass is 304 g/mol. The van der Waals surface area contributed by atoms with E-state index >= 15 is 0 Å². The molecule has 0 atom stereocenters. The predicted octanol–water partition coefficient (Wildman–Crippen LogP) is 3.49. The Labute approximate surface area is 111 Å². The topological polar surface area (TPSA) is 66.0 Å². The molecule has 3 rings (SSSR count). The molecule has 4 nitrogen and oxygen atoms in total. The zero-order valence-corrected chi connectivity index (χ0v) is 11.1. The third-order valence-electron chi connectivity index (χ3n) is 3.05. The summed E-state index contributed by atoms with van der Waals surface area (Å²) in [4.78, 5) is 18.3. The summed E-state index contributed by atoms with van der Waals surface area (Å²) in [5, 5.41) is 11.0. The number of carbonyl (C=O) groups is 1. The molecule has 2 heterocycles. The van der Waals surface area contributed by atoms with Crippen molar-refractivity contribution < 1.29 is 9.90 Å². The Balaban J connectivity index is 2.52. The van der Waals surface area contributed by atoms with Crippen LogP contribution in [0.1, 0.15) is 16.1 Å². The summed E-state index contributed by atoms with van der Waals surface area (Å²) in [6.07, 6.45) is 1.57. The first-order chi connectivity index (χ1) is 8.58. The second-order valence-corrected chi connectivity index (χ2v) is 5.06. The van der Waals surface area contributed by atoms with Gasteiger partial charge in [-0.2, -0.15) is 0 Å². The Morgan fingerprint density at radius 3 is 2.89 bits per heavy atom. The molecule has 2 aromatic heterocycles. The lowest BCUT2D eigenvalue weighted by Crippen LogP contribution is -2.03. The number of halogens is 1. The Kier molecular flexibility index (Phi) is 2.38. The largest absolute Gasteiger partial charge is 0.477 e. The predicted molar refractivity (Wildman–Crippen MR) is 73.0 cm³/mol. The third-order valence-corrected chi connectivity index (χ3v) is 3.54. The number of carboxylic acid groups (broad SMARTS) is 1. The number of hydrogen-bond donors (Lipinski definition) is 2. The van der Waals surface area contributed by atoms with Crippen LogP contribution in [0.25, 0.3) is 21.8 Å². The van der Waals surface area contributed by atoms with E-state index in [1.54, 1.807) is 13.1 Å². The lowest BCUT2D eigenvalue weighted by atomic mass is 10.1. The Morgan fingerprint density at radius 2 is 2.17 bits per heavy atom. The van der Waals surface area contributed by atoms with Gasteiger partial charge < -0.3 is 10.1 Å². The molecule has 0 unspecified atom stereocenters. The first-order valence-corrected chi connectivity index (χ1v) is 6.17. The van der Waals surface area contributed by atoms with Gasteiger partial charge in [0, 0.05) is 20.8 Å². The number of aromatic amines is 1. The zero-order valence-electron chi connectivity index (χ0n) is 9.49. The van der Waals surface area contributed by atoms with Crippen molar-refractivity contribution in [3.63, 3.8) is 0 Å². The van der Waals surface area contributed by atoms with Crippen molar-refractivity contribution in [1.82, 2.24) is 9.97 Å². The Hall–Kier alpha value is -1.88. The van der Waals surface area contributed by atoms with Crippen molar-refractivity contribution in [3.05, 3.63) is 40.1 Å². The fourth-order valence-electron chi connectivity index (χ4n) is 2.25. The molecule has 2 N–H and O–H groups in total. The summed E-state index contributed by atoms with van der Waals surface area (Å²) in [6, 6.07) is 5.88. The van der Waals surface area contributed by atoms with E-state index in [-0.39, 0.29) is 5.69 Å². The van der Waals surface area contributed by atoms with Gasteiger partial charge in [-0.05, 0) is 30.7 Å². The maximum absolute atomic E-state index is 11.1. The first-order valence-electron chi connectivity index (χ1n) is 5.38. The van der Waals surface area contributed by atoms with Crippen LogP contribution in [0, 0.1) is 6.92 Å². The van der Waals surface area contributed by atoms with Gasteiger partial charge in [0.25, 0.3) is 0 Å². The van der Waals surface area contributed by atoms with Crippen molar-refractivity contribution in [2.24, 2.45) is 0 Å². The van der Waals surface area contributed by atoms with Crippen molar-refractivity contribution in [1.29, 1.82) is 0 Å². The molecular weight excluding hydrogens is 296 g/mol. The van der Waals surface area contributed by atoms with Gasteiger partial charge in [0.05, 0.1) is 11.7 Å². The van der Waals surface area contributed by atoms with Gasteiger partial charge in [0.1, 0.15) is 0 Å². The standard InChI is InChI=1S/C13H9BrN2O2/c1-6-11-8-4-7(14)2-3-9(8)16-10(11)5-15-12(6)13(17)18/h2-5,16H,1H3,(H,17,18). The van der Waals surface area contributed by atoms with Crippen molar-refractivity contribution in [2.45, 2.75) is 6.92 Å². The molecule has 0 amide bonds. The van der Waals surface area contributed by atoms with E-state index in [0.717, 1.165) is 26.3 Å². The highest BCUT2D eigenvalue weighted by atomic mass is 79.9. The number of aromatic carboxylic acids is 1. The average Bonchev–Trinajstić information content (AvgIpc) is 2.67. The van der Waals surface area contributed by atoms with Crippen LogP contribution in [0.4, 0.5) is 0 Å². The molecule has 0 aliphatic carbocycles. The molecule has 0 aliphatic heterocycles. The van der Waals surface area contributed by atoms with E-state index in [0.29, 0.717) is 5.56 Å². The van der Waals surface area contributed by atoms with Gasteiger partial charge in [-0.1, -0.05) is 15.9 Å². The molecule has 0 bridgehead atoms. The molecule has 0 saturated carbocycles. The summed E-state index contributed by atoms with van der Waals surface area (Å²) in [5.74, 6) is -1.00. The van der Waals surface area contributed by atoms with Crippen LogP contribution in [-0.4, -0.2) is 21.0 Å². The van der Waals surface area contributed by atoms with E-state index in [2.05, 4.69) is 25.9 Å². The lowest BCUT2D eigenvalue weighted by Gasteiger charge is -2.01. The fourth-order valence-corrected chi connectivity index (χ4v) is 2.61. The number of rotatable bonds is 1. The van der Waals surface area contributed by atoms with Gasteiger partial charge >= 0.3 is 5.97 Å². The molecular formula is C13H9BrN2O2. The molecule has 3 aromatic rings. The maximum Gasteiger partial charge on any atom is 0.354 e. The summed E-state index contributed by atoms with van der Waals surface area (Å²) in [5.41, 5.74) is 2.61. The van der Waals surface area contributed by atoms with Crippen molar-refractivity contribution in [3.8, 4) is 0 Å². The van der Waals surface area contributed by atoms with Gasteiger partial charge in [-0.25, -0.2) is 9.78 Å². The molecule has 0 aliphatic rings. The average molecular weight is 305 g/mol. The summed E-state index contributed by atoms with van der Waals surface area (Å²) in [7, 11) is 0. The highest BCUT2D eigenvalue weighted by molar-refractivity contribution is 9.10. The van der Waals surface area contributed by atoms with Crippen LogP contribution >= 0.6 is 15.9 Å². The number of fused-ring (bicyclic) bond motifs is 3. The van der Waals surface area contributed by atoms with Gasteiger partial charge in [-0.3, -0.25) is 0 Å². The minimum atomic E-state index is -1.00. The number of nitrogens with one attached hydrogen (secondary N) is 1. The van der Waals surface area contributed by atoms with E-state index < -0.39 is 5.97 Å². The number of hydrogen-bond acceptors (Lipinski definition) is 2. The van der Waals surface area contributed by atoms with E-state index in [1.165, 1.54) is 0 Å². The van der Waals surface area contributed by atoms with Crippen LogP contribution in [0.15, 0.2) is 28.9 Å². The SMILES string of the molecule is Cc1c(C(=O)O)ncc2[nH]c3ccc(Br)cc3c12. The van der Waals surface area contributed by atoms with Crippen molar-refractivity contribution in [2.75, 3.05) is 0 Å². The number of carboxylic acids is 1. The second kappa shape index (κ2) is 3.81. The molecule has 18 heavy (non-hydrogen) atoms. The highest BCUT2D eigenvalue weighted by Gasteiger charge is 2.15. The minimum Gasteiger partial charge on any atom is -0.477 e. The van der Waals surface area contributed by atoms with E-state index in [1.807, 2.05) is 18.2 Å². The van der Waals surface area contributed by atoms with Crippen LogP contribution < -0.4 is 0 Å². The van der Waals surface area contributed by atoms with Crippen LogP contribution in [0.5, 0.6) is 0 Å². The van der Waals surface area contributed by atoms with E-state index in [4.69, 9.17) is 5.11 Å². The minimum absolute atomic E-state index is 0.100. The fraction of sp³-hybridized carbons (Fsp3) is 0.0769. The molecule has 0 fully saturated rings. The molecule has 0 spiro atoms. The zero-order chi connectivity index (χ0) is 12.9. The van der Waals surface area contributed by atoms with Crippen LogP contribution in [0.3, 0.4) is 0 Å². The van der Waals surface area contributed by atoms with Crippen LogP contribution in [0.2, 0.25) is 0 Å². The van der Waals surface area contributed by atoms with Crippen molar-refractivity contribution >= 4 is 43.7 Å². The maximum atomic E-state index is 11.1. The molecule has 90 valence electrons. The van der Waals surface area contributed by atoms with E-state index in [9.17, 15) is 4.79 Å². The normalized spacial score (nSPS) is 11.2. The Bertz CT molecular complexity index is 792. The van der Waals surface area contributed by atoms with Gasteiger partial charge in [0.2, 0.25) is 0 Å². The number of benzene rings is 1. The third kappa shape index (κ3) is 1.51.